The van der Waals surface area contributed by atoms with Crippen molar-refractivity contribution in [2.24, 2.45) is 5.92 Å². The summed E-state index contributed by atoms with van der Waals surface area (Å²) in [6.45, 7) is 2.08. The number of carbonyl (C=O) groups is 1. The van der Waals surface area contributed by atoms with E-state index < -0.39 is 11.6 Å². The number of halogens is 2. The normalized spacial score (nSPS) is 14.8. The highest BCUT2D eigenvalue weighted by Crippen LogP contribution is 2.29. The quantitative estimate of drug-likeness (QED) is 0.869. The first-order valence-corrected chi connectivity index (χ1v) is 8.82. The van der Waals surface area contributed by atoms with E-state index in [-0.39, 0.29) is 23.0 Å². The van der Waals surface area contributed by atoms with E-state index in [0.717, 1.165) is 25.9 Å². The monoisotopic (exact) mass is 376 g/mol. The number of carbonyl (C=O) groups excluding carboxylic acids is 1. The molecule has 2 aromatic rings. The molecule has 0 aliphatic carbocycles. The largest absolute Gasteiger partial charge is 0.487 e. The Labute approximate surface area is 156 Å². The molecule has 144 valence electrons. The molecule has 1 amide bonds. The first-order valence-electron chi connectivity index (χ1n) is 8.82. The molecule has 1 aromatic heterocycles. The van der Waals surface area contributed by atoms with Gasteiger partial charge in [0, 0.05) is 32.1 Å². The van der Waals surface area contributed by atoms with Crippen LogP contribution in [0, 0.1) is 17.6 Å². The predicted molar refractivity (Wildman–Crippen MR) is 96.5 cm³/mol. The van der Waals surface area contributed by atoms with E-state index in [1.807, 2.05) is 0 Å². The lowest BCUT2D eigenvalue weighted by Gasteiger charge is -2.22. The molecule has 0 bridgehead atoms. The van der Waals surface area contributed by atoms with Crippen molar-refractivity contribution in [2.45, 2.75) is 12.8 Å². The molecule has 1 aliphatic rings. The van der Waals surface area contributed by atoms with E-state index in [9.17, 15) is 13.6 Å². The zero-order valence-corrected chi connectivity index (χ0v) is 15.3. The lowest BCUT2D eigenvalue weighted by Crippen LogP contribution is -2.30. The van der Waals surface area contributed by atoms with Gasteiger partial charge in [0.2, 0.25) is 5.82 Å². The average molecular weight is 376 g/mol. The summed E-state index contributed by atoms with van der Waals surface area (Å²) in [5, 5.41) is 3.24. The molecule has 8 heteroatoms. The number of ether oxygens (including phenoxy) is 1. The molecule has 0 saturated carbocycles. The van der Waals surface area contributed by atoms with Gasteiger partial charge in [-0.3, -0.25) is 4.79 Å². The fourth-order valence-corrected chi connectivity index (χ4v) is 2.90. The van der Waals surface area contributed by atoms with Crippen LogP contribution in [0.1, 0.15) is 23.5 Å². The zero-order chi connectivity index (χ0) is 19.4. The van der Waals surface area contributed by atoms with E-state index >= 15 is 0 Å². The van der Waals surface area contributed by atoms with Crippen molar-refractivity contribution in [1.29, 1.82) is 0 Å². The second kappa shape index (κ2) is 8.39. The van der Waals surface area contributed by atoms with Crippen LogP contribution in [-0.2, 0) is 0 Å². The highest BCUT2D eigenvalue weighted by molar-refractivity contribution is 5.90. The number of hydrogen-bond acceptors (Lipinski definition) is 5. The number of amides is 1. The minimum Gasteiger partial charge on any atom is -0.487 e. The summed E-state index contributed by atoms with van der Waals surface area (Å²) in [7, 11) is 3.18. The maximum Gasteiger partial charge on any atom is 0.291 e. The molecule has 1 aliphatic heterocycles. The Bertz CT molecular complexity index is 783. The Hall–Kier alpha value is -2.61. The molecule has 0 radical (unpaired) electrons. The van der Waals surface area contributed by atoms with E-state index in [2.05, 4.69) is 15.3 Å². The summed E-state index contributed by atoms with van der Waals surface area (Å²) < 4.78 is 34.2. The van der Waals surface area contributed by atoms with E-state index in [4.69, 9.17) is 4.74 Å². The fraction of sp³-hybridized carbons (Fsp3) is 0.421. The van der Waals surface area contributed by atoms with Crippen molar-refractivity contribution < 1.29 is 18.3 Å². The van der Waals surface area contributed by atoms with Gasteiger partial charge in [-0.25, -0.2) is 18.7 Å². The van der Waals surface area contributed by atoms with Crippen LogP contribution in [0.25, 0.3) is 11.1 Å². The third-order valence-electron chi connectivity index (χ3n) is 4.50. The van der Waals surface area contributed by atoms with Crippen LogP contribution < -0.4 is 10.1 Å². The molecule has 0 unspecified atom stereocenters. The molecule has 0 atom stereocenters. The molecule has 6 nitrogen and oxygen atoms in total. The first-order chi connectivity index (χ1) is 13.0. The summed E-state index contributed by atoms with van der Waals surface area (Å²) in [6.07, 6.45) is 4.59. The number of nitrogens with zero attached hydrogens (tertiary/aromatic N) is 3. The van der Waals surface area contributed by atoms with E-state index in [0.29, 0.717) is 18.1 Å². The zero-order valence-electron chi connectivity index (χ0n) is 15.3. The van der Waals surface area contributed by atoms with Gasteiger partial charge in [-0.05, 0) is 49.5 Å². The van der Waals surface area contributed by atoms with Gasteiger partial charge in [-0.15, -0.1) is 0 Å². The van der Waals surface area contributed by atoms with Crippen molar-refractivity contribution in [3.63, 3.8) is 0 Å². The summed E-state index contributed by atoms with van der Waals surface area (Å²) in [6, 6.07) is 2.37. The van der Waals surface area contributed by atoms with Crippen molar-refractivity contribution in [3.8, 4) is 16.9 Å². The maximum absolute atomic E-state index is 14.4. The second-order valence-corrected chi connectivity index (χ2v) is 6.77. The van der Waals surface area contributed by atoms with Gasteiger partial charge in [0.05, 0.1) is 6.61 Å². The van der Waals surface area contributed by atoms with Crippen LogP contribution in [0.2, 0.25) is 0 Å². The van der Waals surface area contributed by atoms with Crippen molar-refractivity contribution in [1.82, 2.24) is 20.2 Å². The Morgan fingerprint density at radius 1 is 1.15 bits per heavy atom. The molecule has 2 heterocycles. The number of rotatable bonds is 5. The molecule has 1 aromatic carbocycles. The van der Waals surface area contributed by atoms with Crippen molar-refractivity contribution in [3.05, 3.63) is 42.0 Å². The van der Waals surface area contributed by atoms with Gasteiger partial charge in [-0.2, -0.15) is 0 Å². The Morgan fingerprint density at radius 2 is 1.74 bits per heavy atom. The molecule has 0 spiro atoms. The SMILES string of the molecule is CN(C)C(=O)c1ncc(-c2cc(F)c(OCC3CCNCC3)c(F)c2)cn1. The minimum absolute atomic E-state index is 0.0200. The first kappa shape index (κ1) is 19.2. The number of nitrogens with one attached hydrogen (secondary N) is 1. The highest BCUT2D eigenvalue weighted by Gasteiger charge is 2.19. The Kier molecular flexibility index (Phi) is 5.95. The molecular weight excluding hydrogens is 354 g/mol. The van der Waals surface area contributed by atoms with E-state index in [1.54, 1.807) is 14.1 Å². The van der Waals surface area contributed by atoms with Gasteiger partial charge >= 0.3 is 0 Å². The van der Waals surface area contributed by atoms with Crippen LogP contribution in [0.15, 0.2) is 24.5 Å². The summed E-state index contributed by atoms with van der Waals surface area (Å²) in [5.74, 6) is -1.94. The number of benzene rings is 1. The molecular formula is C19H22F2N4O2. The van der Waals surface area contributed by atoms with Gasteiger partial charge in [-0.1, -0.05) is 0 Å². The predicted octanol–water partition coefficient (Wildman–Crippen LogP) is 2.50. The van der Waals surface area contributed by atoms with Crippen LogP contribution in [0.5, 0.6) is 5.75 Å². The standard InChI is InChI=1S/C19H22F2N4O2/c1-25(2)19(26)18-23-9-14(10-24-18)13-7-15(20)17(16(21)8-13)27-11-12-3-5-22-6-4-12/h7-10,12,22H,3-6,11H2,1-2H3. The number of hydrogen-bond donors (Lipinski definition) is 1. The van der Waals surface area contributed by atoms with Gasteiger partial charge < -0.3 is 15.0 Å². The van der Waals surface area contributed by atoms with Crippen LogP contribution in [-0.4, -0.2) is 54.6 Å². The minimum atomic E-state index is -0.771. The molecule has 1 saturated heterocycles. The molecule has 1 fully saturated rings. The summed E-state index contributed by atoms with van der Waals surface area (Å²) in [4.78, 5) is 21.1. The molecule has 1 N–H and O–H groups in total. The van der Waals surface area contributed by atoms with Crippen molar-refractivity contribution >= 4 is 5.91 Å². The Morgan fingerprint density at radius 3 is 2.30 bits per heavy atom. The third-order valence-corrected chi connectivity index (χ3v) is 4.50. The maximum atomic E-state index is 14.4. The van der Waals surface area contributed by atoms with Crippen LogP contribution >= 0.6 is 0 Å². The molecule has 3 rings (SSSR count). The summed E-state index contributed by atoms with van der Waals surface area (Å²) in [5.41, 5.74) is 0.691. The number of piperidine rings is 1. The highest BCUT2D eigenvalue weighted by atomic mass is 19.1. The van der Waals surface area contributed by atoms with E-state index in [1.165, 1.54) is 29.4 Å². The molecule has 27 heavy (non-hydrogen) atoms. The second-order valence-electron chi connectivity index (χ2n) is 6.77. The smallest absolute Gasteiger partial charge is 0.291 e. The number of aromatic nitrogens is 2. The van der Waals surface area contributed by atoms with Crippen molar-refractivity contribution in [2.75, 3.05) is 33.8 Å². The van der Waals surface area contributed by atoms with Gasteiger partial charge in [0.15, 0.2) is 17.4 Å². The Balaban J connectivity index is 1.74. The van der Waals surface area contributed by atoms with Gasteiger partial charge in [0.1, 0.15) is 0 Å². The lowest BCUT2D eigenvalue weighted by molar-refractivity contribution is 0.0816. The lowest BCUT2D eigenvalue weighted by atomic mass is 9.99. The van der Waals surface area contributed by atoms with Gasteiger partial charge in [0.25, 0.3) is 5.91 Å². The van der Waals surface area contributed by atoms with Crippen LogP contribution in [0.4, 0.5) is 8.78 Å². The van der Waals surface area contributed by atoms with Crippen LogP contribution in [0.3, 0.4) is 0 Å². The topological polar surface area (TPSA) is 67.4 Å². The average Bonchev–Trinajstić information content (AvgIpc) is 2.67. The fourth-order valence-electron chi connectivity index (χ4n) is 2.90. The summed E-state index contributed by atoms with van der Waals surface area (Å²) >= 11 is 0. The third kappa shape index (κ3) is 4.57.